The number of piperazine rings is 1. The molecule has 4 heterocycles. The van der Waals surface area contributed by atoms with Crippen LogP contribution in [0.3, 0.4) is 0 Å². The number of hydrogen-bond acceptors (Lipinski definition) is 10. The molecular weight excluding hydrogens is 604 g/mol. The van der Waals surface area contributed by atoms with Gasteiger partial charge in [-0.2, -0.15) is 0 Å². The van der Waals surface area contributed by atoms with Crippen LogP contribution >= 0.6 is 11.6 Å². The van der Waals surface area contributed by atoms with E-state index in [-0.39, 0.29) is 11.9 Å². The minimum Gasteiger partial charge on any atom is -0.494 e. The molecule has 0 spiro atoms. The van der Waals surface area contributed by atoms with Gasteiger partial charge in [0.05, 0.1) is 36.8 Å². The van der Waals surface area contributed by atoms with Crippen LogP contribution in [0.25, 0.3) is 0 Å². The molecule has 3 aromatic rings. The molecule has 3 aliphatic rings. The summed E-state index contributed by atoms with van der Waals surface area (Å²) in [7, 11) is 1.65. The van der Waals surface area contributed by atoms with Gasteiger partial charge in [0.1, 0.15) is 17.9 Å². The minimum absolute atomic E-state index is 0.0268. The largest absolute Gasteiger partial charge is 0.494 e. The Labute approximate surface area is 276 Å². The van der Waals surface area contributed by atoms with Crippen LogP contribution in [0.15, 0.2) is 61.4 Å². The van der Waals surface area contributed by atoms with E-state index in [4.69, 9.17) is 21.2 Å². The Morgan fingerprint density at radius 2 is 1.87 bits per heavy atom. The summed E-state index contributed by atoms with van der Waals surface area (Å²) in [5.41, 5.74) is 3.32. The molecule has 0 saturated carbocycles. The highest BCUT2D eigenvalue weighted by Gasteiger charge is 2.31. The molecule has 11 nitrogen and oxygen atoms in total. The van der Waals surface area contributed by atoms with Crippen LogP contribution in [0.4, 0.5) is 28.7 Å². The summed E-state index contributed by atoms with van der Waals surface area (Å²) in [4.78, 5) is 35.0. The smallest absolute Gasteiger partial charge is 0.247 e. The summed E-state index contributed by atoms with van der Waals surface area (Å²) < 4.78 is 5.86. The molecule has 2 N–H and O–H groups in total. The van der Waals surface area contributed by atoms with Gasteiger partial charge in [-0.05, 0) is 49.2 Å². The summed E-state index contributed by atoms with van der Waals surface area (Å²) in [6.07, 6.45) is 5.74. The highest BCUT2D eigenvalue weighted by molar-refractivity contribution is 6.30. The normalized spacial score (nSPS) is 19.7. The van der Waals surface area contributed by atoms with Crippen molar-refractivity contribution in [2.45, 2.75) is 38.3 Å². The van der Waals surface area contributed by atoms with E-state index >= 15 is 0 Å². The Morgan fingerprint density at radius 1 is 1.07 bits per heavy atom. The number of carbonyl (C=O) groups is 1. The Hall–Kier alpha value is -3.90. The van der Waals surface area contributed by atoms with E-state index in [1.807, 2.05) is 47.5 Å². The van der Waals surface area contributed by atoms with Gasteiger partial charge in [-0.1, -0.05) is 37.2 Å². The number of benzene rings is 2. The van der Waals surface area contributed by atoms with E-state index in [2.05, 4.69) is 48.8 Å². The van der Waals surface area contributed by atoms with Crippen LogP contribution < -0.4 is 25.3 Å². The predicted molar refractivity (Wildman–Crippen MR) is 183 cm³/mol. The monoisotopic (exact) mass is 646 g/mol. The summed E-state index contributed by atoms with van der Waals surface area (Å²) in [6, 6.07) is 14.1. The third-order valence-electron chi connectivity index (χ3n) is 9.22. The lowest BCUT2D eigenvalue weighted by atomic mass is 10.0. The summed E-state index contributed by atoms with van der Waals surface area (Å²) in [5, 5.41) is 8.90. The molecule has 0 bridgehead atoms. The van der Waals surface area contributed by atoms with Gasteiger partial charge in [0.2, 0.25) is 5.91 Å². The average molecular weight is 647 g/mol. The van der Waals surface area contributed by atoms with Crippen LogP contribution in [-0.2, 0) is 9.63 Å². The lowest BCUT2D eigenvalue weighted by molar-refractivity contribution is -0.111. The average Bonchev–Trinajstić information content (AvgIpc) is 3.59. The van der Waals surface area contributed by atoms with E-state index in [0.29, 0.717) is 46.4 Å². The molecule has 1 atom stereocenters. The predicted octanol–water partition coefficient (Wildman–Crippen LogP) is 5.50. The highest BCUT2D eigenvalue weighted by atomic mass is 35.5. The number of anilines is 5. The molecule has 2 aromatic carbocycles. The summed E-state index contributed by atoms with van der Waals surface area (Å²) in [5.74, 6) is 1.54. The van der Waals surface area contributed by atoms with Crippen LogP contribution in [0.2, 0.25) is 5.02 Å². The van der Waals surface area contributed by atoms with Crippen molar-refractivity contribution in [3.8, 4) is 5.75 Å². The number of nitrogens with one attached hydrogen (secondary N) is 2. The zero-order chi connectivity index (χ0) is 32.0. The van der Waals surface area contributed by atoms with Crippen molar-refractivity contribution in [3.05, 3.63) is 72.0 Å². The maximum atomic E-state index is 12.6. The topological polar surface area (TPSA) is 98.3 Å². The second kappa shape index (κ2) is 14.7. The molecule has 0 radical (unpaired) electrons. The number of rotatable bonds is 10. The second-order valence-corrected chi connectivity index (χ2v) is 12.3. The molecule has 3 saturated heterocycles. The van der Waals surface area contributed by atoms with Crippen molar-refractivity contribution in [2.75, 3.05) is 80.1 Å². The van der Waals surface area contributed by atoms with Crippen molar-refractivity contribution in [1.29, 1.82) is 0 Å². The number of halogens is 1. The van der Waals surface area contributed by atoms with Crippen LogP contribution in [0.1, 0.15) is 37.8 Å². The molecule has 12 heteroatoms. The number of carbonyl (C=O) groups excluding carboxylic acids is 1. The number of piperidine rings is 1. The van der Waals surface area contributed by atoms with Crippen molar-refractivity contribution in [3.63, 3.8) is 0 Å². The first-order valence-corrected chi connectivity index (χ1v) is 16.5. The van der Waals surface area contributed by atoms with Gasteiger partial charge in [-0.3, -0.25) is 14.5 Å². The molecule has 6 rings (SSSR count). The standard InChI is InChI=1S/C34H43ClN8O3/c1-4-34(44)39-27-20-28(31(45-3)21-30(27)42-12-9-26(10-13-42)41-16-14-40(5-2)15-17-41)38-32-22-33(37-23-36-32)43-29(11-18-46-43)24-7-6-8-25(35)19-24/h4,6-8,19-23,26,29H,1,5,9-18H2,2-3H3,(H,39,44)(H,36,37,38). The fourth-order valence-electron chi connectivity index (χ4n) is 6.68. The fraction of sp³-hybridized carbons (Fsp3) is 0.441. The van der Waals surface area contributed by atoms with Gasteiger partial charge < -0.3 is 25.2 Å². The zero-order valence-corrected chi connectivity index (χ0v) is 27.4. The maximum absolute atomic E-state index is 12.6. The number of aromatic nitrogens is 2. The van der Waals surface area contributed by atoms with Crippen molar-refractivity contribution in [1.82, 2.24) is 19.8 Å². The Morgan fingerprint density at radius 3 is 2.59 bits per heavy atom. The molecule has 0 aliphatic carbocycles. The van der Waals surface area contributed by atoms with Crippen molar-refractivity contribution in [2.24, 2.45) is 0 Å². The fourth-order valence-corrected chi connectivity index (χ4v) is 6.88. The van der Waals surface area contributed by atoms with Crippen molar-refractivity contribution >= 4 is 46.2 Å². The van der Waals surface area contributed by atoms with Gasteiger partial charge >= 0.3 is 0 Å². The summed E-state index contributed by atoms with van der Waals surface area (Å²) in [6.45, 7) is 13.9. The number of nitrogens with zero attached hydrogens (tertiary/aromatic N) is 6. The quantitative estimate of drug-likeness (QED) is 0.275. The number of likely N-dealkylation sites (N-methyl/N-ethyl adjacent to an activating group) is 1. The number of ether oxygens (including phenoxy) is 1. The van der Waals surface area contributed by atoms with Gasteiger partial charge in [0.15, 0.2) is 5.82 Å². The van der Waals surface area contributed by atoms with E-state index in [1.165, 1.54) is 12.4 Å². The van der Waals surface area contributed by atoms with E-state index in [0.717, 1.165) is 76.3 Å². The van der Waals surface area contributed by atoms with Crippen LogP contribution in [0, 0.1) is 0 Å². The zero-order valence-electron chi connectivity index (χ0n) is 26.6. The molecule has 244 valence electrons. The van der Waals surface area contributed by atoms with Gasteiger partial charge in [0.25, 0.3) is 0 Å². The third-order valence-corrected chi connectivity index (χ3v) is 9.45. The first kappa shape index (κ1) is 32.1. The Bertz CT molecular complexity index is 1520. The SMILES string of the molecule is C=CC(=O)Nc1cc(Nc2cc(N3OCCC3c3cccc(Cl)c3)ncn2)c(OC)cc1N1CCC(N2CCN(CC)CC2)CC1. The number of methoxy groups -OCH3 is 1. The van der Waals surface area contributed by atoms with E-state index in [1.54, 1.807) is 7.11 Å². The van der Waals surface area contributed by atoms with Crippen molar-refractivity contribution < 1.29 is 14.4 Å². The first-order valence-electron chi connectivity index (χ1n) is 16.1. The third kappa shape index (κ3) is 7.23. The van der Waals surface area contributed by atoms with Gasteiger partial charge in [-0.15, -0.1) is 0 Å². The highest BCUT2D eigenvalue weighted by Crippen LogP contribution is 2.40. The molecule has 1 unspecified atom stereocenters. The van der Waals surface area contributed by atoms with E-state index < -0.39 is 0 Å². The molecule has 3 aliphatic heterocycles. The lowest BCUT2D eigenvalue weighted by Gasteiger charge is -2.43. The number of amides is 1. The lowest BCUT2D eigenvalue weighted by Crippen LogP contribution is -2.53. The summed E-state index contributed by atoms with van der Waals surface area (Å²) >= 11 is 6.28. The van der Waals surface area contributed by atoms with Gasteiger partial charge in [-0.25, -0.2) is 15.0 Å². The second-order valence-electron chi connectivity index (χ2n) is 11.9. The minimum atomic E-state index is -0.274. The Balaban J connectivity index is 1.21. The first-order chi connectivity index (χ1) is 22.4. The van der Waals surface area contributed by atoms with Crippen LogP contribution in [0.5, 0.6) is 5.75 Å². The number of hydroxylamine groups is 1. The molecule has 46 heavy (non-hydrogen) atoms. The molecule has 3 fully saturated rings. The van der Waals surface area contributed by atoms with E-state index in [9.17, 15) is 4.79 Å². The molecule has 1 amide bonds. The molecular formula is C34H43ClN8O3. The molecule has 1 aromatic heterocycles. The number of hydrogen-bond donors (Lipinski definition) is 2. The Kier molecular flexibility index (Phi) is 10.2. The maximum Gasteiger partial charge on any atom is 0.247 e. The van der Waals surface area contributed by atoms with Gasteiger partial charge in [0, 0.05) is 68.9 Å². The van der Waals surface area contributed by atoms with Crippen LogP contribution in [-0.4, -0.2) is 91.2 Å².